The molecule has 158 valence electrons. The zero-order valence-corrected chi connectivity index (χ0v) is 19.8. The van der Waals surface area contributed by atoms with E-state index in [0.29, 0.717) is 23.8 Å². The molecule has 0 aromatic heterocycles. The molecule has 2 heterocycles. The number of hydrogen-bond acceptors (Lipinski definition) is 5. The van der Waals surface area contributed by atoms with E-state index in [0.717, 1.165) is 0 Å². The van der Waals surface area contributed by atoms with Gasteiger partial charge in [0.1, 0.15) is 11.1 Å². The molecule has 2 aliphatic heterocycles. The van der Waals surface area contributed by atoms with Gasteiger partial charge < -0.3 is 14.3 Å². The summed E-state index contributed by atoms with van der Waals surface area (Å²) in [5.41, 5.74) is -0.0958. The standard InChI is InChI=1S/C20H26ClNO5SSi/c1-20(2,3)29(4,5)26-11-10-14-16(23)22-15(18(24)25)19(28-17(14)22)27-13-8-6-12(21)7-9-13/h6-9,14,17H,10-11H2,1-5H3,(H,24,25)/t14-,17+/m0/s1. The maximum absolute atomic E-state index is 12.7. The van der Waals surface area contributed by atoms with Crippen molar-refractivity contribution in [3.63, 3.8) is 0 Å². The van der Waals surface area contributed by atoms with E-state index in [-0.39, 0.29) is 33.0 Å². The maximum atomic E-state index is 12.7. The van der Waals surface area contributed by atoms with Crippen LogP contribution < -0.4 is 4.74 Å². The summed E-state index contributed by atoms with van der Waals surface area (Å²) in [4.78, 5) is 25.7. The Bertz CT molecular complexity index is 849. The van der Waals surface area contributed by atoms with Crippen LogP contribution in [0.15, 0.2) is 35.1 Å². The molecule has 1 amide bonds. The molecule has 1 N–H and O–H groups in total. The van der Waals surface area contributed by atoms with Crippen LogP contribution >= 0.6 is 23.4 Å². The van der Waals surface area contributed by atoms with Crippen molar-refractivity contribution >= 4 is 43.6 Å². The summed E-state index contributed by atoms with van der Waals surface area (Å²) >= 11 is 7.16. The van der Waals surface area contributed by atoms with Crippen molar-refractivity contribution in [1.29, 1.82) is 0 Å². The van der Waals surface area contributed by atoms with Crippen LogP contribution in [0.4, 0.5) is 0 Å². The zero-order valence-electron chi connectivity index (χ0n) is 17.2. The second-order valence-corrected chi connectivity index (χ2v) is 15.1. The van der Waals surface area contributed by atoms with Crippen molar-refractivity contribution in [2.75, 3.05) is 6.61 Å². The number of fused-ring (bicyclic) bond motifs is 1. The van der Waals surface area contributed by atoms with E-state index < -0.39 is 14.3 Å². The topological polar surface area (TPSA) is 76.1 Å². The first-order valence-corrected chi connectivity index (χ1v) is 13.6. The molecule has 2 aliphatic rings. The molecular formula is C20H26ClNO5SSi. The third kappa shape index (κ3) is 4.35. The van der Waals surface area contributed by atoms with Gasteiger partial charge in [0.2, 0.25) is 5.91 Å². The number of carboxylic acids is 1. The molecule has 1 aromatic carbocycles. The predicted octanol–water partition coefficient (Wildman–Crippen LogP) is 4.92. The van der Waals surface area contributed by atoms with Crippen LogP contribution in [0.2, 0.25) is 23.2 Å². The number of carbonyl (C=O) groups is 2. The number of benzene rings is 1. The average molecular weight is 456 g/mol. The minimum atomic E-state index is -1.89. The fourth-order valence-electron chi connectivity index (χ4n) is 2.96. The van der Waals surface area contributed by atoms with E-state index in [4.69, 9.17) is 20.8 Å². The number of β-lactam (4-membered cyclic amide) rings is 1. The highest BCUT2D eigenvalue weighted by Gasteiger charge is 2.56. The van der Waals surface area contributed by atoms with E-state index in [9.17, 15) is 14.7 Å². The molecule has 29 heavy (non-hydrogen) atoms. The summed E-state index contributed by atoms with van der Waals surface area (Å²) in [5.74, 6) is -1.16. The molecule has 0 unspecified atom stereocenters. The van der Waals surface area contributed by atoms with E-state index in [1.165, 1.54) is 16.7 Å². The van der Waals surface area contributed by atoms with Crippen LogP contribution in [0, 0.1) is 5.92 Å². The average Bonchev–Trinajstić information content (AvgIpc) is 2.95. The molecular weight excluding hydrogens is 430 g/mol. The maximum Gasteiger partial charge on any atom is 0.357 e. The largest absolute Gasteiger partial charge is 0.476 e. The summed E-state index contributed by atoms with van der Waals surface area (Å²) < 4.78 is 12.0. The van der Waals surface area contributed by atoms with E-state index >= 15 is 0 Å². The number of rotatable bonds is 7. The van der Waals surface area contributed by atoms with Gasteiger partial charge >= 0.3 is 5.97 Å². The second kappa shape index (κ2) is 7.98. The van der Waals surface area contributed by atoms with Gasteiger partial charge in [0, 0.05) is 11.6 Å². The highest BCUT2D eigenvalue weighted by atomic mass is 35.5. The van der Waals surface area contributed by atoms with Gasteiger partial charge in [-0.1, -0.05) is 44.1 Å². The third-order valence-electron chi connectivity index (χ3n) is 5.74. The molecule has 1 aromatic rings. The van der Waals surface area contributed by atoms with Crippen LogP contribution in [0.3, 0.4) is 0 Å². The summed E-state index contributed by atoms with van der Waals surface area (Å²) in [6, 6.07) is 6.66. The van der Waals surface area contributed by atoms with Gasteiger partial charge in [0.15, 0.2) is 19.1 Å². The van der Waals surface area contributed by atoms with Gasteiger partial charge in [-0.3, -0.25) is 9.69 Å². The van der Waals surface area contributed by atoms with Gasteiger partial charge in [-0.2, -0.15) is 0 Å². The number of ether oxygens (including phenoxy) is 1. The number of thioether (sulfide) groups is 1. The minimum Gasteiger partial charge on any atom is -0.476 e. The summed E-state index contributed by atoms with van der Waals surface area (Å²) in [5, 5.41) is 10.2. The second-order valence-electron chi connectivity index (χ2n) is 8.72. The summed E-state index contributed by atoms with van der Waals surface area (Å²) in [7, 11) is -1.89. The van der Waals surface area contributed by atoms with Crippen LogP contribution in [-0.4, -0.2) is 42.2 Å². The lowest BCUT2D eigenvalue weighted by Gasteiger charge is -2.42. The molecule has 9 heteroatoms. The monoisotopic (exact) mass is 455 g/mol. The fraction of sp³-hybridized carbons (Fsp3) is 0.500. The number of amides is 1. The first-order chi connectivity index (χ1) is 13.4. The van der Waals surface area contributed by atoms with Crippen LogP contribution in [0.5, 0.6) is 5.75 Å². The number of halogens is 1. The van der Waals surface area contributed by atoms with Crippen molar-refractivity contribution in [2.45, 2.75) is 50.7 Å². The summed E-state index contributed by atoms with van der Waals surface area (Å²) in [6.07, 6.45) is 0.570. The Hall–Kier alpha value is -1.48. The van der Waals surface area contributed by atoms with Crippen LogP contribution in [0.1, 0.15) is 27.2 Å². The van der Waals surface area contributed by atoms with Gasteiger partial charge in [-0.05, 0) is 48.8 Å². The molecule has 0 bridgehead atoms. The van der Waals surface area contributed by atoms with Crippen LogP contribution in [0.25, 0.3) is 0 Å². The number of carbonyl (C=O) groups excluding carboxylic acids is 1. The van der Waals surface area contributed by atoms with Crippen molar-refractivity contribution in [2.24, 2.45) is 5.92 Å². The minimum absolute atomic E-state index is 0.0958. The van der Waals surface area contributed by atoms with Crippen molar-refractivity contribution in [3.8, 4) is 5.75 Å². The molecule has 1 saturated heterocycles. The van der Waals surface area contributed by atoms with Gasteiger partial charge in [0.25, 0.3) is 0 Å². The fourth-order valence-corrected chi connectivity index (χ4v) is 5.54. The smallest absolute Gasteiger partial charge is 0.357 e. The highest BCUT2D eigenvalue weighted by Crippen LogP contribution is 2.51. The Morgan fingerprint density at radius 2 is 1.90 bits per heavy atom. The lowest BCUT2D eigenvalue weighted by Crippen LogP contribution is -2.57. The van der Waals surface area contributed by atoms with Crippen molar-refractivity contribution in [1.82, 2.24) is 4.90 Å². The lowest BCUT2D eigenvalue weighted by atomic mass is 9.94. The molecule has 0 aliphatic carbocycles. The molecule has 0 saturated carbocycles. The van der Waals surface area contributed by atoms with E-state index in [1.807, 2.05) is 0 Å². The predicted molar refractivity (Wildman–Crippen MR) is 116 cm³/mol. The summed E-state index contributed by atoms with van der Waals surface area (Å²) in [6.45, 7) is 11.4. The molecule has 0 radical (unpaired) electrons. The SMILES string of the molecule is CC(C)(C)[Si](C)(C)OCC[C@H]1C(=O)N2C(C(=O)O)=C(Oc3ccc(Cl)cc3)S[C@H]12. The molecule has 1 fully saturated rings. The third-order valence-corrected chi connectivity index (χ3v) is 11.8. The highest BCUT2D eigenvalue weighted by molar-refractivity contribution is 8.03. The number of aliphatic carboxylic acids is 1. The molecule has 6 nitrogen and oxygen atoms in total. The van der Waals surface area contributed by atoms with Gasteiger partial charge in [-0.25, -0.2) is 4.79 Å². The lowest BCUT2D eigenvalue weighted by molar-refractivity contribution is -0.152. The Morgan fingerprint density at radius 3 is 2.45 bits per heavy atom. The van der Waals surface area contributed by atoms with Crippen molar-refractivity contribution in [3.05, 3.63) is 40.1 Å². The Morgan fingerprint density at radius 1 is 1.28 bits per heavy atom. The Kier molecular flexibility index (Phi) is 6.11. The Balaban J connectivity index is 1.67. The number of carboxylic acid groups (broad SMARTS) is 1. The van der Waals surface area contributed by atoms with E-state index in [1.54, 1.807) is 24.3 Å². The number of hydrogen-bond donors (Lipinski definition) is 1. The quantitative estimate of drug-likeness (QED) is 0.464. The normalized spacial score (nSPS) is 21.9. The molecule has 0 spiro atoms. The molecule has 3 rings (SSSR count). The van der Waals surface area contributed by atoms with Crippen molar-refractivity contribution < 1.29 is 23.9 Å². The zero-order chi connectivity index (χ0) is 21.6. The first kappa shape index (κ1) is 22.2. The van der Waals surface area contributed by atoms with Crippen LogP contribution in [-0.2, 0) is 14.0 Å². The van der Waals surface area contributed by atoms with Gasteiger partial charge in [0.05, 0.1) is 5.92 Å². The van der Waals surface area contributed by atoms with Gasteiger partial charge in [-0.15, -0.1) is 0 Å². The number of nitrogens with zero attached hydrogens (tertiary/aromatic N) is 1. The van der Waals surface area contributed by atoms with E-state index in [2.05, 4.69) is 33.9 Å². The first-order valence-electron chi connectivity index (χ1n) is 9.47. The molecule has 2 atom stereocenters. The Labute approximate surface area is 181 Å².